The minimum atomic E-state index is -0.205. The molecule has 0 radical (unpaired) electrons. The zero-order valence-electron chi connectivity index (χ0n) is 10.3. The molecule has 0 amide bonds. The first-order chi connectivity index (χ1) is 8.66. The summed E-state index contributed by atoms with van der Waals surface area (Å²) in [6.07, 6.45) is 0. The van der Waals surface area contributed by atoms with Crippen molar-refractivity contribution in [3.05, 3.63) is 27.5 Å². The van der Waals surface area contributed by atoms with Crippen LogP contribution >= 0.6 is 15.9 Å². The van der Waals surface area contributed by atoms with Gasteiger partial charge in [0.15, 0.2) is 0 Å². The molecule has 1 aromatic carbocycles. The lowest BCUT2D eigenvalue weighted by molar-refractivity contribution is 0.120. The highest BCUT2D eigenvalue weighted by atomic mass is 79.9. The van der Waals surface area contributed by atoms with Crippen LogP contribution in [0.15, 0.2) is 10.5 Å². The zero-order valence-corrected chi connectivity index (χ0v) is 11.9. The quantitative estimate of drug-likeness (QED) is 0.793. The number of benzene rings is 1. The van der Waals surface area contributed by atoms with Crippen molar-refractivity contribution in [2.75, 3.05) is 26.2 Å². The molecule has 0 spiro atoms. The molecule has 1 N–H and O–H groups in total. The average Bonchev–Trinajstić information content (AvgIpc) is 2.55. The Balaban J connectivity index is 1.99. The largest absolute Gasteiger partial charge is 0.491 e. The van der Waals surface area contributed by atoms with E-state index in [0.717, 1.165) is 43.1 Å². The lowest BCUT2D eigenvalue weighted by Gasteiger charge is -2.33. The molecule has 1 aromatic rings. The van der Waals surface area contributed by atoms with Gasteiger partial charge in [0.25, 0.3) is 0 Å². The molecular weight excluding hydrogens is 299 g/mol. The predicted octanol–water partition coefficient (Wildman–Crippen LogP) is 2.06. The Morgan fingerprint density at radius 2 is 2.39 bits per heavy atom. The fraction of sp³-hybridized carbons (Fsp3) is 0.538. The summed E-state index contributed by atoms with van der Waals surface area (Å²) in [4.78, 5) is 2.37. The zero-order chi connectivity index (χ0) is 12.7. The van der Waals surface area contributed by atoms with Crippen LogP contribution in [0.2, 0.25) is 0 Å². The lowest BCUT2D eigenvalue weighted by atomic mass is 10.1. The van der Waals surface area contributed by atoms with E-state index in [0.29, 0.717) is 17.1 Å². The van der Waals surface area contributed by atoms with E-state index in [1.807, 2.05) is 6.92 Å². The van der Waals surface area contributed by atoms with Gasteiger partial charge in [0.2, 0.25) is 0 Å². The van der Waals surface area contributed by atoms with E-state index in [4.69, 9.17) is 4.74 Å². The van der Waals surface area contributed by atoms with Crippen molar-refractivity contribution in [2.24, 2.45) is 0 Å². The Hall–Kier alpha value is -0.650. The van der Waals surface area contributed by atoms with Crippen molar-refractivity contribution in [1.29, 1.82) is 0 Å². The molecule has 2 aliphatic rings. The third-order valence-electron chi connectivity index (χ3n) is 3.74. The highest BCUT2D eigenvalue weighted by Gasteiger charge is 2.28. The molecule has 0 bridgehead atoms. The molecule has 1 unspecified atom stereocenters. The maximum atomic E-state index is 13.8. The SMILES string of the molecule is Cc1c(Br)c(F)cc2c1OCC1CNCCN1C2. The molecule has 18 heavy (non-hydrogen) atoms. The number of hydrogen-bond donors (Lipinski definition) is 1. The third-order valence-corrected chi connectivity index (χ3v) is 4.71. The molecule has 2 aliphatic heterocycles. The van der Waals surface area contributed by atoms with Gasteiger partial charge in [0, 0.05) is 37.3 Å². The van der Waals surface area contributed by atoms with Crippen LogP contribution in [0.4, 0.5) is 4.39 Å². The molecule has 0 aliphatic carbocycles. The van der Waals surface area contributed by atoms with Crippen molar-refractivity contribution in [3.63, 3.8) is 0 Å². The van der Waals surface area contributed by atoms with Crippen LogP contribution in [0.5, 0.6) is 5.75 Å². The number of piperazine rings is 1. The second kappa shape index (κ2) is 4.79. The second-order valence-electron chi connectivity index (χ2n) is 4.93. The van der Waals surface area contributed by atoms with Gasteiger partial charge in [-0.05, 0) is 28.9 Å². The summed E-state index contributed by atoms with van der Waals surface area (Å²) in [6.45, 7) is 6.25. The van der Waals surface area contributed by atoms with Crippen LogP contribution < -0.4 is 10.1 Å². The molecule has 0 saturated carbocycles. The van der Waals surface area contributed by atoms with E-state index in [9.17, 15) is 4.39 Å². The first-order valence-corrected chi connectivity index (χ1v) is 7.01. The standard InChI is InChI=1S/C13H16BrFN2O/c1-8-12(14)11(15)4-9-6-17-3-2-16-5-10(17)7-18-13(8)9/h4,10,16H,2-3,5-7H2,1H3. The second-order valence-corrected chi connectivity index (χ2v) is 5.72. The summed E-state index contributed by atoms with van der Waals surface area (Å²) in [7, 11) is 0. The van der Waals surface area contributed by atoms with Gasteiger partial charge in [-0.2, -0.15) is 0 Å². The molecule has 1 atom stereocenters. The number of ether oxygens (including phenoxy) is 1. The number of nitrogens with one attached hydrogen (secondary N) is 1. The molecule has 1 saturated heterocycles. The van der Waals surface area contributed by atoms with Crippen LogP contribution in [-0.4, -0.2) is 37.2 Å². The molecule has 5 heteroatoms. The lowest BCUT2D eigenvalue weighted by Crippen LogP contribution is -2.52. The van der Waals surface area contributed by atoms with Crippen molar-refractivity contribution in [3.8, 4) is 5.75 Å². The summed E-state index contributed by atoms with van der Waals surface area (Å²) >= 11 is 3.28. The van der Waals surface area contributed by atoms with Gasteiger partial charge in [-0.25, -0.2) is 4.39 Å². The molecular formula is C13H16BrFN2O. The van der Waals surface area contributed by atoms with Crippen molar-refractivity contribution >= 4 is 15.9 Å². The Labute approximate surface area is 114 Å². The third kappa shape index (κ3) is 2.04. The molecule has 2 heterocycles. The topological polar surface area (TPSA) is 24.5 Å². The Morgan fingerprint density at radius 3 is 3.22 bits per heavy atom. The van der Waals surface area contributed by atoms with Crippen LogP contribution in [-0.2, 0) is 6.54 Å². The summed E-state index contributed by atoms with van der Waals surface area (Å²) in [6, 6.07) is 1.98. The van der Waals surface area contributed by atoms with E-state index < -0.39 is 0 Å². The fourth-order valence-electron chi connectivity index (χ4n) is 2.69. The first kappa shape index (κ1) is 12.4. The maximum absolute atomic E-state index is 13.8. The van der Waals surface area contributed by atoms with Crippen molar-refractivity contribution in [2.45, 2.75) is 19.5 Å². The minimum absolute atomic E-state index is 0.205. The highest BCUT2D eigenvalue weighted by Crippen LogP contribution is 2.35. The van der Waals surface area contributed by atoms with Crippen LogP contribution in [0.25, 0.3) is 0 Å². The number of nitrogens with zero attached hydrogens (tertiary/aromatic N) is 1. The highest BCUT2D eigenvalue weighted by molar-refractivity contribution is 9.10. The van der Waals surface area contributed by atoms with Gasteiger partial charge in [0.05, 0.1) is 10.5 Å². The Bertz CT molecular complexity index is 481. The number of halogens is 2. The summed E-state index contributed by atoms with van der Waals surface area (Å²) in [5.74, 6) is 0.640. The summed E-state index contributed by atoms with van der Waals surface area (Å²) in [5, 5.41) is 3.37. The smallest absolute Gasteiger partial charge is 0.138 e. The van der Waals surface area contributed by atoms with Crippen LogP contribution in [0.3, 0.4) is 0 Å². The van der Waals surface area contributed by atoms with E-state index in [1.54, 1.807) is 6.07 Å². The van der Waals surface area contributed by atoms with Crippen molar-refractivity contribution in [1.82, 2.24) is 10.2 Å². The van der Waals surface area contributed by atoms with Crippen LogP contribution in [0, 0.1) is 12.7 Å². The van der Waals surface area contributed by atoms with E-state index >= 15 is 0 Å². The van der Waals surface area contributed by atoms with Gasteiger partial charge < -0.3 is 10.1 Å². The first-order valence-electron chi connectivity index (χ1n) is 6.22. The van der Waals surface area contributed by atoms with E-state index in [-0.39, 0.29) is 5.82 Å². The normalized spacial score (nSPS) is 23.8. The van der Waals surface area contributed by atoms with Crippen LogP contribution in [0.1, 0.15) is 11.1 Å². The van der Waals surface area contributed by atoms with E-state index in [2.05, 4.69) is 26.1 Å². The minimum Gasteiger partial charge on any atom is -0.491 e. The van der Waals surface area contributed by atoms with Gasteiger partial charge in [-0.15, -0.1) is 0 Å². The van der Waals surface area contributed by atoms with Crippen molar-refractivity contribution < 1.29 is 9.13 Å². The molecule has 1 fully saturated rings. The van der Waals surface area contributed by atoms with Gasteiger partial charge in [0.1, 0.15) is 18.2 Å². The van der Waals surface area contributed by atoms with Gasteiger partial charge in [-0.3, -0.25) is 4.90 Å². The van der Waals surface area contributed by atoms with Gasteiger partial charge >= 0.3 is 0 Å². The summed E-state index contributed by atoms with van der Waals surface area (Å²) in [5.41, 5.74) is 1.82. The molecule has 98 valence electrons. The molecule has 0 aromatic heterocycles. The Morgan fingerprint density at radius 1 is 1.56 bits per heavy atom. The predicted molar refractivity (Wildman–Crippen MR) is 71.4 cm³/mol. The van der Waals surface area contributed by atoms with Gasteiger partial charge in [-0.1, -0.05) is 0 Å². The monoisotopic (exact) mass is 314 g/mol. The molecule has 3 rings (SSSR count). The summed E-state index contributed by atoms with van der Waals surface area (Å²) < 4.78 is 20.2. The number of hydrogen-bond acceptors (Lipinski definition) is 3. The maximum Gasteiger partial charge on any atom is 0.138 e. The molecule has 3 nitrogen and oxygen atoms in total. The van der Waals surface area contributed by atoms with E-state index in [1.165, 1.54) is 0 Å². The number of rotatable bonds is 0. The fourth-order valence-corrected chi connectivity index (χ4v) is 2.99. The average molecular weight is 315 g/mol. The Kier molecular flexibility index (Phi) is 3.30. The number of fused-ring (bicyclic) bond motifs is 2.